The fraction of sp³-hybridized carbons (Fsp3) is 0.924. The average molecular weight is 1060 g/mol. The van der Waals surface area contributed by atoms with Crippen molar-refractivity contribution >= 4 is 5.91 Å². The summed E-state index contributed by atoms with van der Waals surface area (Å²) in [6, 6.07) is -0.803. The summed E-state index contributed by atoms with van der Waals surface area (Å²) in [7, 11) is 0. The zero-order chi connectivity index (χ0) is 54.3. The van der Waals surface area contributed by atoms with Crippen LogP contribution in [0.25, 0.3) is 0 Å². The minimum Gasteiger partial charge on any atom is -0.394 e. The van der Waals surface area contributed by atoms with Crippen LogP contribution >= 0.6 is 0 Å². The van der Waals surface area contributed by atoms with E-state index in [-0.39, 0.29) is 12.5 Å². The zero-order valence-electron chi connectivity index (χ0n) is 49.6. The van der Waals surface area contributed by atoms with Crippen molar-refractivity contribution in [1.29, 1.82) is 0 Å². The van der Waals surface area contributed by atoms with Gasteiger partial charge in [0.2, 0.25) is 5.91 Å². The maximum Gasteiger partial charge on any atom is 0.220 e. The molecule has 7 unspecified atom stereocenters. The second-order valence-electron chi connectivity index (χ2n) is 23.3. The number of allylic oxidation sites excluding steroid dienone is 3. The summed E-state index contributed by atoms with van der Waals surface area (Å²) in [6.45, 7) is 3.83. The fourth-order valence-corrected chi connectivity index (χ4v) is 10.8. The summed E-state index contributed by atoms with van der Waals surface area (Å²) in [5.74, 6) is -0.169. The number of rotatable bonds is 58. The largest absolute Gasteiger partial charge is 0.394 e. The molecule has 0 saturated carbocycles. The van der Waals surface area contributed by atoms with Gasteiger partial charge in [-0.25, -0.2) is 0 Å². The molecule has 1 aliphatic rings. The van der Waals surface area contributed by atoms with E-state index in [1.165, 1.54) is 276 Å². The van der Waals surface area contributed by atoms with Gasteiger partial charge in [-0.2, -0.15) is 0 Å². The smallest absolute Gasteiger partial charge is 0.220 e. The van der Waals surface area contributed by atoms with Crippen molar-refractivity contribution in [1.82, 2.24) is 5.32 Å². The van der Waals surface area contributed by atoms with Crippen molar-refractivity contribution in [3.05, 3.63) is 24.3 Å². The number of ether oxygens (including phenoxy) is 2. The highest BCUT2D eigenvalue weighted by atomic mass is 16.7. The predicted octanol–water partition coefficient (Wildman–Crippen LogP) is 17.3. The van der Waals surface area contributed by atoms with E-state index >= 15 is 0 Å². The first-order chi connectivity index (χ1) is 36.8. The van der Waals surface area contributed by atoms with E-state index in [1.54, 1.807) is 6.08 Å². The minimum absolute atomic E-state index is 0.169. The van der Waals surface area contributed by atoms with Gasteiger partial charge in [-0.3, -0.25) is 4.79 Å². The molecule has 0 radical (unpaired) electrons. The number of carbonyl (C=O) groups excluding carboxylic acids is 1. The number of hydrogen-bond donors (Lipinski definition) is 6. The Bertz CT molecular complexity index is 1230. The zero-order valence-corrected chi connectivity index (χ0v) is 49.6. The highest BCUT2D eigenvalue weighted by Crippen LogP contribution is 2.23. The summed E-state index contributed by atoms with van der Waals surface area (Å²) < 4.78 is 11.3. The average Bonchev–Trinajstić information content (AvgIpc) is 3.41. The number of carbonyl (C=O) groups is 1. The van der Waals surface area contributed by atoms with Gasteiger partial charge >= 0.3 is 0 Å². The van der Waals surface area contributed by atoms with Gasteiger partial charge in [-0.05, 0) is 44.9 Å². The Morgan fingerprint density at radius 3 is 1.08 bits per heavy atom. The lowest BCUT2D eigenvalue weighted by molar-refractivity contribution is -0.302. The highest BCUT2D eigenvalue weighted by Gasteiger charge is 2.44. The van der Waals surface area contributed by atoms with Gasteiger partial charge in [-0.15, -0.1) is 0 Å². The molecule has 9 nitrogen and oxygen atoms in total. The fourth-order valence-electron chi connectivity index (χ4n) is 10.8. The summed E-state index contributed by atoms with van der Waals surface area (Å²) in [5, 5.41) is 54.7. The molecular weight excluding hydrogens is 935 g/mol. The van der Waals surface area contributed by atoms with E-state index in [4.69, 9.17) is 9.47 Å². The molecule has 0 aromatic heterocycles. The molecule has 1 heterocycles. The number of hydrogen-bond acceptors (Lipinski definition) is 8. The van der Waals surface area contributed by atoms with E-state index in [2.05, 4.69) is 31.3 Å². The van der Waals surface area contributed by atoms with Crippen molar-refractivity contribution in [2.45, 2.75) is 378 Å². The van der Waals surface area contributed by atoms with Gasteiger partial charge in [-0.1, -0.05) is 308 Å². The molecule has 7 atom stereocenters. The maximum absolute atomic E-state index is 13.1. The molecule has 6 N–H and O–H groups in total. The van der Waals surface area contributed by atoms with Crippen LogP contribution in [0.3, 0.4) is 0 Å². The third-order valence-corrected chi connectivity index (χ3v) is 16.0. The van der Waals surface area contributed by atoms with Crippen LogP contribution in [0.1, 0.15) is 335 Å². The summed E-state index contributed by atoms with van der Waals surface area (Å²) in [6.07, 6.45) is 65.6. The molecule has 0 aliphatic carbocycles. The van der Waals surface area contributed by atoms with Crippen molar-refractivity contribution in [2.75, 3.05) is 13.2 Å². The van der Waals surface area contributed by atoms with Crippen LogP contribution in [0, 0.1) is 0 Å². The molecule has 1 aliphatic heterocycles. The molecule has 75 heavy (non-hydrogen) atoms. The molecule has 0 aromatic rings. The van der Waals surface area contributed by atoms with Gasteiger partial charge in [0.05, 0.1) is 25.4 Å². The van der Waals surface area contributed by atoms with Crippen LogP contribution in [0.15, 0.2) is 24.3 Å². The quantitative estimate of drug-likeness (QED) is 0.0261. The van der Waals surface area contributed by atoms with Crippen molar-refractivity contribution in [3.8, 4) is 0 Å². The lowest BCUT2D eigenvalue weighted by Crippen LogP contribution is -2.60. The van der Waals surface area contributed by atoms with Gasteiger partial charge in [0.15, 0.2) is 6.29 Å². The molecule has 1 rings (SSSR count). The molecule has 0 spiro atoms. The van der Waals surface area contributed by atoms with Crippen LogP contribution < -0.4 is 5.32 Å². The van der Waals surface area contributed by atoms with Crippen molar-refractivity contribution < 1.29 is 39.8 Å². The Hall–Kier alpha value is -1.33. The number of aliphatic hydroxyl groups is 5. The SMILES string of the molecule is CCCCCCCCCC/C=C\CCCCCCCCCCCCCCCCCCCCCC(=O)NC(COC1OC(CO)C(O)C(O)C1O)C(O)/C=C/CCCCCCCCCCCCCCCCCCCCC. The van der Waals surface area contributed by atoms with Crippen molar-refractivity contribution in [3.63, 3.8) is 0 Å². The van der Waals surface area contributed by atoms with Crippen LogP contribution in [0.5, 0.6) is 0 Å². The van der Waals surface area contributed by atoms with Crippen LogP contribution in [-0.4, -0.2) is 87.5 Å². The van der Waals surface area contributed by atoms with Crippen LogP contribution in [-0.2, 0) is 14.3 Å². The van der Waals surface area contributed by atoms with Gasteiger partial charge in [0.25, 0.3) is 0 Å². The molecule has 0 aromatic carbocycles. The van der Waals surface area contributed by atoms with E-state index in [0.717, 1.165) is 38.5 Å². The van der Waals surface area contributed by atoms with E-state index in [9.17, 15) is 30.3 Å². The van der Waals surface area contributed by atoms with Gasteiger partial charge < -0.3 is 40.3 Å². The molecule has 1 fully saturated rings. The molecule has 1 amide bonds. The molecule has 444 valence electrons. The first kappa shape index (κ1) is 71.7. The lowest BCUT2D eigenvalue weighted by atomic mass is 9.99. The monoisotopic (exact) mass is 1060 g/mol. The Labute approximate surface area is 464 Å². The molecular formula is C66H127NO8. The van der Waals surface area contributed by atoms with Crippen LogP contribution in [0.4, 0.5) is 0 Å². The summed E-state index contributed by atoms with van der Waals surface area (Å²) in [5.41, 5.74) is 0. The van der Waals surface area contributed by atoms with E-state index < -0.39 is 49.5 Å². The van der Waals surface area contributed by atoms with Gasteiger partial charge in [0, 0.05) is 6.42 Å². The second kappa shape index (κ2) is 56.0. The van der Waals surface area contributed by atoms with Crippen LogP contribution in [0.2, 0.25) is 0 Å². The Morgan fingerprint density at radius 2 is 0.747 bits per heavy atom. The normalized spacial score (nSPS) is 18.9. The second-order valence-corrected chi connectivity index (χ2v) is 23.3. The first-order valence-corrected chi connectivity index (χ1v) is 33.1. The highest BCUT2D eigenvalue weighted by molar-refractivity contribution is 5.76. The molecule has 9 heteroatoms. The number of aliphatic hydroxyl groups excluding tert-OH is 5. The van der Waals surface area contributed by atoms with E-state index in [0.29, 0.717) is 6.42 Å². The Balaban J connectivity index is 2.13. The summed E-state index contributed by atoms with van der Waals surface area (Å²) >= 11 is 0. The number of unbranched alkanes of at least 4 members (excludes halogenated alkanes) is 46. The maximum atomic E-state index is 13.1. The lowest BCUT2D eigenvalue weighted by Gasteiger charge is -2.40. The molecule has 0 bridgehead atoms. The third-order valence-electron chi connectivity index (χ3n) is 16.0. The summed E-state index contributed by atoms with van der Waals surface area (Å²) in [4.78, 5) is 13.1. The number of amides is 1. The first-order valence-electron chi connectivity index (χ1n) is 33.1. The molecule has 1 saturated heterocycles. The third kappa shape index (κ3) is 45.1. The Morgan fingerprint density at radius 1 is 0.440 bits per heavy atom. The standard InChI is InChI=1S/C66H127NO8/c1-3-5-7-9-11-13-15-17-19-21-23-25-26-27-28-29-30-31-32-33-34-36-38-40-42-44-46-48-50-52-54-56-62(70)67-59(58-74-66-65(73)64(72)63(71)61(57-68)75-66)60(69)55-53-51-49-47-45-43-41-39-37-35-24-22-20-18-16-14-12-10-8-6-4-2/h21,23,53,55,59-61,63-66,68-69,71-73H,3-20,22,24-52,54,56-58H2,1-2H3,(H,67,70)/b23-21-,55-53+. The number of nitrogens with one attached hydrogen (secondary N) is 1. The van der Waals surface area contributed by atoms with E-state index in [1.807, 2.05) is 6.08 Å². The predicted molar refractivity (Wildman–Crippen MR) is 318 cm³/mol. The van der Waals surface area contributed by atoms with Gasteiger partial charge in [0.1, 0.15) is 24.4 Å². The Kier molecular flexibility index (Phi) is 53.5. The van der Waals surface area contributed by atoms with Crippen molar-refractivity contribution in [2.24, 2.45) is 0 Å². The minimum atomic E-state index is -1.57. The topological polar surface area (TPSA) is 149 Å².